The standard InChI is InChI=1S/C15H16ClN3O2/c1-10-3-5-11(6-4-10)7-8-13(20)18-15-17-12(16)9-14(19-15)21-2/h3-6,9H,7-8H2,1-2H3,(H,17,18,19,20). The summed E-state index contributed by atoms with van der Waals surface area (Å²) in [6.45, 7) is 2.03. The summed E-state index contributed by atoms with van der Waals surface area (Å²) >= 11 is 5.82. The SMILES string of the molecule is COc1cc(Cl)nc(NC(=O)CCc2ccc(C)cc2)n1. The number of nitrogens with zero attached hydrogens (tertiary/aromatic N) is 2. The summed E-state index contributed by atoms with van der Waals surface area (Å²) in [6.07, 6.45) is 1.01. The van der Waals surface area contributed by atoms with Gasteiger partial charge in [-0.1, -0.05) is 41.4 Å². The Labute approximate surface area is 128 Å². The number of nitrogens with one attached hydrogen (secondary N) is 1. The molecule has 0 bridgehead atoms. The third-order valence-electron chi connectivity index (χ3n) is 2.89. The van der Waals surface area contributed by atoms with Crippen LogP contribution in [0.15, 0.2) is 30.3 Å². The molecule has 5 nitrogen and oxygen atoms in total. The van der Waals surface area contributed by atoms with Gasteiger partial charge in [-0.25, -0.2) is 4.98 Å². The molecule has 2 aromatic rings. The number of rotatable bonds is 5. The Hall–Kier alpha value is -2.14. The topological polar surface area (TPSA) is 64.1 Å². The number of aromatic nitrogens is 2. The minimum Gasteiger partial charge on any atom is -0.481 e. The molecule has 0 aliphatic rings. The lowest BCUT2D eigenvalue weighted by Crippen LogP contribution is -2.14. The van der Waals surface area contributed by atoms with Crippen molar-refractivity contribution in [3.05, 3.63) is 46.6 Å². The summed E-state index contributed by atoms with van der Waals surface area (Å²) in [5.74, 6) is 0.289. The van der Waals surface area contributed by atoms with Crippen LogP contribution in [-0.2, 0) is 11.2 Å². The first-order valence-electron chi connectivity index (χ1n) is 6.51. The average Bonchev–Trinajstić information content (AvgIpc) is 2.46. The summed E-state index contributed by atoms with van der Waals surface area (Å²) in [4.78, 5) is 19.8. The van der Waals surface area contributed by atoms with Crippen LogP contribution < -0.4 is 10.1 Å². The van der Waals surface area contributed by atoms with Gasteiger partial charge in [0.15, 0.2) is 0 Å². The van der Waals surface area contributed by atoms with Crippen molar-refractivity contribution in [3.8, 4) is 5.88 Å². The number of anilines is 1. The molecule has 0 radical (unpaired) electrons. The average molecular weight is 306 g/mol. The molecule has 21 heavy (non-hydrogen) atoms. The number of hydrogen-bond donors (Lipinski definition) is 1. The molecular weight excluding hydrogens is 290 g/mol. The first kappa shape index (κ1) is 15.3. The van der Waals surface area contributed by atoms with Crippen LogP contribution in [0, 0.1) is 6.92 Å². The van der Waals surface area contributed by atoms with Gasteiger partial charge in [0.05, 0.1) is 7.11 Å². The second kappa shape index (κ2) is 7.04. The van der Waals surface area contributed by atoms with E-state index in [0.29, 0.717) is 18.7 Å². The first-order chi connectivity index (χ1) is 10.1. The van der Waals surface area contributed by atoms with Gasteiger partial charge in [0, 0.05) is 12.5 Å². The largest absolute Gasteiger partial charge is 0.481 e. The highest BCUT2D eigenvalue weighted by Crippen LogP contribution is 2.16. The van der Waals surface area contributed by atoms with Crippen LogP contribution in [0.1, 0.15) is 17.5 Å². The predicted octanol–water partition coefficient (Wildman–Crippen LogP) is 3.02. The predicted molar refractivity (Wildman–Crippen MR) is 81.7 cm³/mol. The zero-order valence-electron chi connectivity index (χ0n) is 11.9. The second-order valence-corrected chi connectivity index (χ2v) is 4.98. The van der Waals surface area contributed by atoms with Crippen molar-refractivity contribution in [2.45, 2.75) is 19.8 Å². The summed E-state index contributed by atoms with van der Waals surface area (Å²) in [5, 5.41) is 2.83. The Morgan fingerprint density at radius 1 is 1.29 bits per heavy atom. The van der Waals surface area contributed by atoms with Crippen molar-refractivity contribution in [1.82, 2.24) is 9.97 Å². The van der Waals surface area contributed by atoms with Crippen molar-refractivity contribution < 1.29 is 9.53 Å². The normalized spacial score (nSPS) is 10.2. The third kappa shape index (κ3) is 4.72. The van der Waals surface area contributed by atoms with Crippen LogP contribution in [0.5, 0.6) is 5.88 Å². The van der Waals surface area contributed by atoms with E-state index >= 15 is 0 Å². The molecule has 0 fully saturated rings. The van der Waals surface area contributed by atoms with Crippen LogP contribution in [0.25, 0.3) is 0 Å². The van der Waals surface area contributed by atoms with E-state index in [4.69, 9.17) is 16.3 Å². The molecule has 0 spiro atoms. The van der Waals surface area contributed by atoms with Crippen molar-refractivity contribution in [3.63, 3.8) is 0 Å². The molecule has 0 saturated heterocycles. The van der Waals surface area contributed by atoms with E-state index in [1.807, 2.05) is 31.2 Å². The molecule has 1 N–H and O–H groups in total. The maximum absolute atomic E-state index is 11.9. The molecule has 110 valence electrons. The highest BCUT2D eigenvalue weighted by molar-refractivity contribution is 6.29. The van der Waals surface area contributed by atoms with E-state index in [-0.39, 0.29) is 17.0 Å². The number of halogens is 1. The van der Waals surface area contributed by atoms with Gasteiger partial charge in [0.25, 0.3) is 0 Å². The van der Waals surface area contributed by atoms with Crippen molar-refractivity contribution >= 4 is 23.5 Å². The minimum absolute atomic E-state index is 0.147. The van der Waals surface area contributed by atoms with Crippen LogP contribution in [-0.4, -0.2) is 23.0 Å². The van der Waals surface area contributed by atoms with E-state index in [1.54, 1.807) is 0 Å². The van der Waals surface area contributed by atoms with Gasteiger partial charge in [0.1, 0.15) is 5.15 Å². The number of ether oxygens (including phenoxy) is 1. The third-order valence-corrected chi connectivity index (χ3v) is 3.09. The Morgan fingerprint density at radius 3 is 2.67 bits per heavy atom. The molecule has 1 heterocycles. The fourth-order valence-electron chi connectivity index (χ4n) is 1.76. The van der Waals surface area contributed by atoms with Gasteiger partial charge in [-0.2, -0.15) is 4.98 Å². The lowest BCUT2D eigenvalue weighted by Gasteiger charge is -2.06. The highest BCUT2D eigenvalue weighted by Gasteiger charge is 2.08. The molecule has 2 rings (SSSR count). The van der Waals surface area contributed by atoms with Crippen LogP contribution in [0.3, 0.4) is 0 Å². The van der Waals surface area contributed by atoms with Crippen LogP contribution in [0.2, 0.25) is 5.15 Å². The zero-order chi connectivity index (χ0) is 15.2. The summed E-state index contributed by atoms with van der Waals surface area (Å²) in [5.41, 5.74) is 2.31. The van der Waals surface area contributed by atoms with Gasteiger partial charge in [-0.3, -0.25) is 10.1 Å². The number of carbonyl (C=O) groups excluding carboxylic acids is 1. The Balaban J connectivity index is 1.92. The number of carbonyl (C=O) groups is 1. The maximum Gasteiger partial charge on any atom is 0.234 e. The van der Waals surface area contributed by atoms with Crippen LogP contribution >= 0.6 is 11.6 Å². The van der Waals surface area contributed by atoms with Crippen molar-refractivity contribution in [2.75, 3.05) is 12.4 Å². The van der Waals surface area contributed by atoms with Crippen molar-refractivity contribution in [1.29, 1.82) is 0 Å². The molecule has 0 aliphatic carbocycles. The summed E-state index contributed by atoms with van der Waals surface area (Å²) in [7, 11) is 1.47. The van der Waals surface area contributed by atoms with Gasteiger partial charge < -0.3 is 4.74 Å². The Morgan fingerprint density at radius 2 is 2.00 bits per heavy atom. The Kier molecular flexibility index (Phi) is 5.11. The van der Waals surface area contributed by atoms with E-state index in [2.05, 4.69) is 15.3 Å². The highest BCUT2D eigenvalue weighted by atomic mass is 35.5. The second-order valence-electron chi connectivity index (χ2n) is 4.59. The lowest BCUT2D eigenvalue weighted by molar-refractivity contribution is -0.116. The quantitative estimate of drug-likeness (QED) is 0.862. The van der Waals surface area contributed by atoms with Crippen molar-refractivity contribution in [2.24, 2.45) is 0 Å². The molecule has 0 saturated carbocycles. The van der Waals surface area contributed by atoms with E-state index in [0.717, 1.165) is 5.56 Å². The summed E-state index contributed by atoms with van der Waals surface area (Å²) in [6, 6.07) is 9.56. The fraction of sp³-hybridized carbons (Fsp3) is 0.267. The fourth-order valence-corrected chi connectivity index (χ4v) is 1.93. The number of amides is 1. The number of hydrogen-bond acceptors (Lipinski definition) is 4. The maximum atomic E-state index is 11.9. The molecule has 1 amide bonds. The zero-order valence-corrected chi connectivity index (χ0v) is 12.6. The van der Waals surface area contributed by atoms with Gasteiger partial charge in [-0.05, 0) is 18.9 Å². The lowest BCUT2D eigenvalue weighted by atomic mass is 10.1. The number of methoxy groups -OCH3 is 1. The van der Waals surface area contributed by atoms with Gasteiger partial charge in [-0.15, -0.1) is 0 Å². The number of benzene rings is 1. The van der Waals surface area contributed by atoms with E-state index in [9.17, 15) is 4.79 Å². The van der Waals surface area contributed by atoms with E-state index in [1.165, 1.54) is 18.7 Å². The minimum atomic E-state index is -0.167. The van der Waals surface area contributed by atoms with Gasteiger partial charge >= 0.3 is 0 Å². The molecule has 1 aromatic heterocycles. The molecule has 6 heteroatoms. The van der Waals surface area contributed by atoms with Gasteiger partial charge in [0.2, 0.25) is 17.7 Å². The summed E-state index contributed by atoms with van der Waals surface area (Å²) < 4.78 is 4.97. The molecule has 0 unspecified atom stereocenters. The molecular formula is C15H16ClN3O2. The monoisotopic (exact) mass is 305 g/mol. The molecule has 0 atom stereocenters. The van der Waals surface area contributed by atoms with Crippen LogP contribution in [0.4, 0.5) is 5.95 Å². The first-order valence-corrected chi connectivity index (χ1v) is 6.88. The molecule has 1 aromatic carbocycles. The number of aryl methyl sites for hydroxylation is 2. The van der Waals surface area contributed by atoms with E-state index < -0.39 is 0 Å². The molecule has 0 aliphatic heterocycles. The smallest absolute Gasteiger partial charge is 0.234 e. The Bertz CT molecular complexity index is 629.